The van der Waals surface area contributed by atoms with Gasteiger partial charge in [0.1, 0.15) is 0 Å². The standard InChI is InChI=1S/C6H8/c1-3-5-6-4-2/h3-6H,1-2H2. The molecule has 0 bridgehead atoms. The van der Waals surface area contributed by atoms with Gasteiger partial charge >= 0.3 is 0 Å². The molecule has 0 heteroatoms. The fraction of sp³-hybridized carbons (Fsp3) is 0. The third-order valence-electron chi connectivity index (χ3n) is 0.383. The second-order valence-corrected chi connectivity index (χ2v) is 0.856. The van der Waals surface area contributed by atoms with Crippen LogP contribution in [0.25, 0.3) is 0 Å². The van der Waals surface area contributed by atoms with Crippen molar-refractivity contribution in [3.8, 4) is 0 Å². The molecule has 0 aromatic carbocycles. The molecule has 6 heavy (non-hydrogen) atoms. The summed E-state index contributed by atoms with van der Waals surface area (Å²) in [5.74, 6) is 0. The third kappa shape index (κ3) is 3.22. The van der Waals surface area contributed by atoms with Gasteiger partial charge in [0, 0.05) is 0 Å². The zero-order valence-corrected chi connectivity index (χ0v) is 3.72. The normalized spacial score (nSPS) is 8.67. The number of hydrogen-bond donors (Lipinski definition) is 0. The van der Waals surface area contributed by atoms with Crippen LogP contribution in [0.1, 0.15) is 0 Å². The van der Waals surface area contributed by atoms with Crippen molar-refractivity contribution in [3.05, 3.63) is 37.5 Å². The third-order valence-corrected chi connectivity index (χ3v) is 0.383. The summed E-state index contributed by atoms with van der Waals surface area (Å²) >= 11 is 0. The SMILES string of the molecule is C=CC=CC=C. The smallest absolute Gasteiger partial charge is 0.0629 e. The Balaban J connectivity index is 3.17. The van der Waals surface area contributed by atoms with Crippen molar-refractivity contribution >= 4 is 0 Å². The van der Waals surface area contributed by atoms with Crippen LogP contribution in [-0.2, 0) is 0 Å². The topological polar surface area (TPSA) is 0 Å². The van der Waals surface area contributed by atoms with Gasteiger partial charge in [0.05, 0.1) is 0 Å². The van der Waals surface area contributed by atoms with Gasteiger partial charge in [-0.3, -0.25) is 0 Å². The molecular formula is C6H8. The highest BCUT2D eigenvalue weighted by atomic mass is 13.5. The predicted molar refractivity (Wildman–Crippen MR) is 29.5 cm³/mol. The molecule has 0 nitrogen and oxygen atoms in total. The van der Waals surface area contributed by atoms with Gasteiger partial charge in [-0.2, -0.15) is 0 Å². The Hall–Kier alpha value is -0.780. The van der Waals surface area contributed by atoms with Gasteiger partial charge in [0.15, 0.2) is 0 Å². The van der Waals surface area contributed by atoms with E-state index >= 15 is 0 Å². The Morgan fingerprint density at radius 3 is 1.33 bits per heavy atom. The summed E-state index contributed by atoms with van der Waals surface area (Å²) in [5, 5.41) is 0. The molecule has 0 heterocycles. The van der Waals surface area contributed by atoms with E-state index in [9.17, 15) is 0 Å². The molecule has 0 spiro atoms. The van der Waals surface area contributed by atoms with Crippen molar-refractivity contribution in [2.24, 2.45) is 0 Å². The molecule has 32 valence electrons. The van der Waals surface area contributed by atoms with Crippen LogP contribution in [-0.4, -0.2) is 0 Å². The molecule has 0 aromatic heterocycles. The van der Waals surface area contributed by atoms with Crippen LogP contribution >= 0.6 is 0 Å². The van der Waals surface area contributed by atoms with Gasteiger partial charge in [0.2, 0.25) is 0 Å². The van der Waals surface area contributed by atoms with Gasteiger partial charge in [-0.1, -0.05) is 37.5 Å². The van der Waals surface area contributed by atoms with Gasteiger partial charge in [-0.15, -0.1) is 0 Å². The first kappa shape index (κ1) is 5.22. The van der Waals surface area contributed by atoms with Crippen LogP contribution in [0.5, 0.6) is 0 Å². The molecule has 0 radical (unpaired) electrons. The quantitative estimate of drug-likeness (QED) is 0.444. The molecule has 0 aliphatic rings. The fourth-order valence-electron chi connectivity index (χ4n) is 0.157. The van der Waals surface area contributed by atoms with Gasteiger partial charge in [0.25, 0.3) is 0 Å². The molecule has 0 N–H and O–H groups in total. The molecule has 0 saturated heterocycles. The first-order valence-electron chi connectivity index (χ1n) is 1.82. The summed E-state index contributed by atoms with van der Waals surface area (Å²) in [6.07, 6.45) is 7.07. The minimum absolute atomic E-state index is 1.71. The minimum Gasteiger partial charge on any atom is -0.0991 e. The maximum atomic E-state index is 3.46. The number of rotatable bonds is 2. The van der Waals surface area contributed by atoms with Crippen LogP contribution < -0.4 is 0 Å². The summed E-state index contributed by atoms with van der Waals surface area (Å²) in [6, 6.07) is 0. The van der Waals surface area contributed by atoms with Crippen molar-refractivity contribution in [2.75, 3.05) is 0 Å². The number of hydrogen-bond acceptors (Lipinski definition) is 0. The summed E-state index contributed by atoms with van der Waals surface area (Å²) in [5.41, 5.74) is 0. The molecular weight excluding hydrogens is 72.1 g/mol. The fourth-order valence-corrected chi connectivity index (χ4v) is 0.157. The Kier molecular flexibility index (Phi) is 3.67. The lowest BCUT2D eigenvalue weighted by atomic mass is 10.5. The van der Waals surface area contributed by atoms with Crippen LogP contribution in [0, 0.1) is 0 Å². The van der Waals surface area contributed by atoms with E-state index in [1.807, 2.05) is 12.2 Å². The predicted octanol–water partition coefficient (Wildman–Crippen LogP) is 1.91. The van der Waals surface area contributed by atoms with E-state index < -0.39 is 0 Å². The Morgan fingerprint density at radius 2 is 1.17 bits per heavy atom. The van der Waals surface area contributed by atoms with E-state index in [0.717, 1.165) is 0 Å². The molecule has 0 atom stereocenters. The minimum atomic E-state index is 1.71. The molecule has 0 saturated carbocycles. The van der Waals surface area contributed by atoms with Crippen molar-refractivity contribution in [1.82, 2.24) is 0 Å². The first-order valence-corrected chi connectivity index (χ1v) is 1.82. The highest BCUT2D eigenvalue weighted by Gasteiger charge is 1.47. The summed E-state index contributed by atoms with van der Waals surface area (Å²) in [4.78, 5) is 0. The maximum absolute atomic E-state index is 3.46. The van der Waals surface area contributed by atoms with Crippen LogP contribution in [0.4, 0.5) is 0 Å². The Morgan fingerprint density at radius 1 is 0.833 bits per heavy atom. The Labute approximate surface area is 38.5 Å². The lowest BCUT2D eigenvalue weighted by molar-refractivity contribution is 1.98. The summed E-state index contributed by atoms with van der Waals surface area (Å²) < 4.78 is 0. The average molecular weight is 80.1 g/mol. The molecule has 0 aromatic rings. The molecule has 0 aliphatic heterocycles. The van der Waals surface area contributed by atoms with Crippen molar-refractivity contribution in [1.29, 1.82) is 0 Å². The van der Waals surface area contributed by atoms with Gasteiger partial charge in [-0.05, 0) is 0 Å². The van der Waals surface area contributed by atoms with Crippen molar-refractivity contribution in [2.45, 2.75) is 0 Å². The largest absolute Gasteiger partial charge is 0.0991 e. The lowest BCUT2D eigenvalue weighted by Gasteiger charge is -1.60. The van der Waals surface area contributed by atoms with E-state index in [4.69, 9.17) is 0 Å². The van der Waals surface area contributed by atoms with Crippen LogP contribution in [0.2, 0.25) is 0 Å². The zero-order chi connectivity index (χ0) is 4.83. The van der Waals surface area contributed by atoms with E-state index in [1.54, 1.807) is 12.2 Å². The van der Waals surface area contributed by atoms with E-state index in [1.165, 1.54) is 0 Å². The van der Waals surface area contributed by atoms with E-state index in [0.29, 0.717) is 0 Å². The zero-order valence-electron chi connectivity index (χ0n) is 3.72. The monoisotopic (exact) mass is 80.1 g/mol. The van der Waals surface area contributed by atoms with Crippen LogP contribution in [0.3, 0.4) is 0 Å². The highest BCUT2D eigenvalue weighted by Crippen LogP contribution is 1.69. The number of allylic oxidation sites excluding steroid dienone is 4. The van der Waals surface area contributed by atoms with Crippen molar-refractivity contribution < 1.29 is 0 Å². The lowest BCUT2D eigenvalue weighted by Crippen LogP contribution is -1.38. The molecule has 0 aliphatic carbocycles. The molecule has 0 amide bonds. The van der Waals surface area contributed by atoms with Crippen molar-refractivity contribution in [3.63, 3.8) is 0 Å². The highest BCUT2D eigenvalue weighted by molar-refractivity contribution is 5.05. The summed E-state index contributed by atoms with van der Waals surface area (Å²) in [7, 11) is 0. The van der Waals surface area contributed by atoms with Gasteiger partial charge < -0.3 is 0 Å². The molecule has 0 fully saturated rings. The molecule has 0 unspecified atom stereocenters. The van der Waals surface area contributed by atoms with E-state index in [-0.39, 0.29) is 0 Å². The van der Waals surface area contributed by atoms with E-state index in [2.05, 4.69) is 13.2 Å². The Bertz CT molecular complexity index is 58.1. The maximum Gasteiger partial charge on any atom is -0.0629 e. The summed E-state index contributed by atoms with van der Waals surface area (Å²) in [6.45, 7) is 6.93. The average Bonchev–Trinajstić information content (AvgIpc) is 1.61. The van der Waals surface area contributed by atoms with Gasteiger partial charge in [-0.25, -0.2) is 0 Å². The molecule has 0 rings (SSSR count). The van der Waals surface area contributed by atoms with Crippen LogP contribution in [0.15, 0.2) is 37.5 Å². The second-order valence-electron chi connectivity index (χ2n) is 0.856. The second kappa shape index (κ2) is 4.22. The first-order chi connectivity index (χ1) is 2.91.